The summed E-state index contributed by atoms with van der Waals surface area (Å²) < 4.78 is 5.16. The maximum atomic E-state index is 12.1. The SMILES string of the molecule is COc1cccc(CCN/C=C(/C#N)C(=O)Nc2ccc([N+](=O)[O-])cc2)c1. The summed E-state index contributed by atoms with van der Waals surface area (Å²) in [6.07, 6.45) is 2.04. The van der Waals surface area contributed by atoms with Crippen molar-refractivity contribution in [3.8, 4) is 11.8 Å². The highest BCUT2D eigenvalue weighted by Gasteiger charge is 2.10. The molecule has 2 aromatic rings. The number of carbonyl (C=O) groups excluding carboxylic acids is 1. The highest BCUT2D eigenvalue weighted by Crippen LogP contribution is 2.16. The second-order valence-corrected chi connectivity index (χ2v) is 5.48. The first-order valence-electron chi connectivity index (χ1n) is 8.06. The van der Waals surface area contributed by atoms with Crippen LogP contribution in [0.3, 0.4) is 0 Å². The van der Waals surface area contributed by atoms with Gasteiger partial charge in [0.05, 0.1) is 12.0 Å². The fourth-order valence-corrected chi connectivity index (χ4v) is 2.23. The number of nitro benzene ring substituents is 1. The van der Waals surface area contributed by atoms with Gasteiger partial charge in [0.2, 0.25) is 0 Å². The Kier molecular flexibility index (Phi) is 6.91. The number of nitriles is 1. The predicted molar refractivity (Wildman–Crippen MR) is 100 cm³/mol. The number of hydrogen-bond acceptors (Lipinski definition) is 6. The van der Waals surface area contributed by atoms with Crippen LogP contribution in [-0.4, -0.2) is 24.5 Å². The lowest BCUT2D eigenvalue weighted by Crippen LogP contribution is -2.18. The van der Waals surface area contributed by atoms with Crippen LogP contribution in [0.5, 0.6) is 5.75 Å². The summed E-state index contributed by atoms with van der Waals surface area (Å²) in [4.78, 5) is 22.2. The molecule has 1 amide bonds. The Bertz CT molecular complexity index is 885. The van der Waals surface area contributed by atoms with Gasteiger partial charge in [0.15, 0.2) is 0 Å². The molecule has 0 saturated heterocycles. The van der Waals surface area contributed by atoms with Gasteiger partial charge in [0.1, 0.15) is 17.4 Å². The minimum absolute atomic E-state index is 0.0803. The number of amides is 1. The van der Waals surface area contributed by atoms with Gasteiger partial charge in [-0.1, -0.05) is 12.1 Å². The molecule has 0 unspecified atom stereocenters. The molecule has 138 valence electrons. The number of carbonyl (C=O) groups is 1. The molecule has 8 nitrogen and oxygen atoms in total. The fourth-order valence-electron chi connectivity index (χ4n) is 2.23. The van der Waals surface area contributed by atoms with Crippen molar-refractivity contribution in [2.45, 2.75) is 6.42 Å². The number of hydrogen-bond donors (Lipinski definition) is 2. The molecule has 0 atom stereocenters. The van der Waals surface area contributed by atoms with Crippen LogP contribution in [0.2, 0.25) is 0 Å². The summed E-state index contributed by atoms with van der Waals surface area (Å²) in [7, 11) is 1.60. The van der Waals surface area contributed by atoms with Crippen molar-refractivity contribution in [2.24, 2.45) is 0 Å². The average Bonchev–Trinajstić information content (AvgIpc) is 2.68. The second-order valence-electron chi connectivity index (χ2n) is 5.48. The van der Waals surface area contributed by atoms with Crippen molar-refractivity contribution in [1.29, 1.82) is 5.26 Å². The van der Waals surface area contributed by atoms with E-state index in [1.165, 1.54) is 30.5 Å². The van der Waals surface area contributed by atoms with Crippen LogP contribution >= 0.6 is 0 Å². The van der Waals surface area contributed by atoms with Gasteiger partial charge in [0.25, 0.3) is 11.6 Å². The molecule has 0 aliphatic rings. The van der Waals surface area contributed by atoms with E-state index in [0.29, 0.717) is 18.7 Å². The summed E-state index contributed by atoms with van der Waals surface area (Å²) in [5, 5.41) is 25.2. The van der Waals surface area contributed by atoms with Gasteiger partial charge >= 0.3 is 0 Å². The van der Waals surface area contributed by atoms with Crippen LogP contribution in [0, 0.1) is 21.4 Å². The Balaban J connectivity index is 1.89. The van der Waals surface area contributed by atoms with E-state index in [0.717, 1.165) is 11.3 Å². The smallest absolute Gasteiger partial charge is 0.269 e. The first-order chi connectivity index (χ1) is 13.0. The molecule has 0 aromatic heterocycles. The number of benzene rings is 2. The van der Waals surface area contributed by atoms with Gasteiger partial charge in [-0.25, -0.2) is 0 Å². The number of nitro groups is 1. The molecule has 0 heterocycles. The number of rotatable bonds is 8. The first kappa shape index (κ1) is 19.5. The molecule has 0 spiro atoms. The lowest BCUT2D eigenvalue weighted by molar-refractivity contribution is -0.384. The molecule has 0 saturated carbocycles. The molecule has 0 bridgehead atoms. The van der Waals surface area contributed by atoms with Crippen molar-refractivity contribution in [1.82, 2.24) is 5.32 Å². The minimum atomic E-state index is -0.597. The van der Waals surface area contributed by atoms with Crippen LogP contribution in [-0.2, 0) is 11.2 Å². The van der Waals surface area contributed by atoms with Gasteiger partial charge in [-0.15, -0.1) is 0 Å². The number of nitrogens with one attached hydrogen (secondary N) is 2. The van der Waals surface area contributed by atoms with Crippen LogP contribution in [0.4, 0.5) is 11.4 Å². The van der Waals surface area contributed by atoms with Crippen LogP contribution in [0.25, 0.3) is 0 Å². The number of methoxy groups -OCH3 is 1. The average molecular weight is 366 g/mol. The highest BCUT2D eigenvalue weighted by molar-refractivity contribution is 6.06. The van der Waals surface area contributed by atoms with Crippen LogP contribution in [0.15, 0.2) is 60.3 Å². The van der Waals surface area contributed by atoms with Gasteiger partial charge < -0.3 is 15.4 Å². The standard InChI is InChI=1S/C19H18N4O4/c1-27-18-4-2-3-14(11-18)9-10-21-13-15(12-20)19(24)22-16-5-7-17(8-6-16)23(25)26/h2-8,11,13,21H,9-10H2,1H3,(H,22,24)/b15-13-. The molecular weight excluding hydrogens is 348 g/mol. The van der Waals surface area contributed by atoms with Crippen LogP contribution < -0.4 is 15.4 Å². The third-order valence-corrected chi connectivity index (χ3v) is 3.64. The number of nitrogens with zero attached hydrogens (tertiary/aromatic N) is 2. The van der Waals surface area contributed by atoms with Crippen LogP contribution in [0.1, 0.15) is 5.56 Å². The Morgan fingerprint density at radius 1 is 1.30 bits per heavy atom. The highest BCUT2D eigenvalue weighted by atomic mass is 16.6. The molecule has 0 aliphatic carbocycles. The molecular formula is C19H18N4O4. The molecule has 0 fully saturated rings. The second kappa shape index (κ2) is 9.58. The van der Waals surface area contributed by atoms with E-state index in [9.17, 15) is 14.9 Å². The maximum Gasteiger partial charge on any atom is 0.269 e. The molecule has 27 heavy (non-hydrogen) atoms. The third kappa shape index (κ3) is 5.86. The monoisotopic (exact) mass is 366 g/mol. The van der Waals surface area contributed by atoms with Crippen molar-refractivity contribution in [3.63, 3.8) is 0 Å². The summed E-state index contributed by atoms with van der Waals surface area (Å²) in [6.45, 7) is 0.531. The van der Waals surface area contributed by atoms with Gasteiger partial charge in [-0.3, -0.25) is 14.9 Å². The lowest BCUT2D eigenvalue weighted by Gasteiger charge is -2.06. The number of anilines is 1. The molecule has 2 N–H and O–H groups in total. The zero-order valence-corrected chi connectivity index (χ0v) is 14.6. The molecule has 2 rings (SSSR count). The van der Waals surface area contributed by atoms with E-state index in [4.69, 9.17) is 10.00 Å². The Morgan fingerprint density at radius 2 is 2.04 bits per heavy atom. The Labute approximate surface area is 156 Å². The molecule has 8 heteroatoms. The predicted octanol–water partition coefficient (Wildman–Crippen LogP) is 2.78. The summed E-state index contributed by atoms with van der Waals surface area (Å²) in [6, 6.07) is 14.8. The quantitative estimate of drug-likeness (QED) is 0.244. The van der Waals surface area contributed by atoms with Gasteiger partial charge in [-0.05, 0) is 36.2 Å². The zero-order valence-electron chi connectivity index (χ0n) is 14.6. The molecule has 2 aromatic carbocycles. The van der Waals surface area contributed by atoms with E-state index in [1.807, 2.05) is 30.3 Å². The first-order valence-corrected chi connectivity index (χ1v) is 8.06. The molecule has 0 aliphatic heterocycles. The van der Waals surface area contributed by atoms with E-state index in [-0.39, 0.29) is 11.3 Å². The Hall–Kier alpha value is -3.86. The minimum Gasteiger partial charge on any atom is -0.497 e. The number of ether oxygens (including phenoxy) is 1. The summed E-state index contributed by atoms with van der Waals surface area (Å²) in [5.74, 6) is 0.170. The number of non-ortho nitro benzene ring substituents is 1. The zero-order chi connectivity index (χ0) is 19.6. The van der Waals surface area contributed by atoms with E-state index in [1.54, 1.807) is 7.11 Å². The van der Waals surface area contributed by atoms with Crippen molar-refractivity contribution in [3.05, 3.63) is 76.0 Å². The van der Waals surface area contributed by atoms with Crippen molar-refractivity contribution >= 4 is 17.3 Å². The van der Waals surface area contributed by atoms with Crippen molar-refractivity contribution in [2.75, 3.05) is 19.0 Å². The maximum absolute atomic E-state index is 12.1. The summed E-state index contributed by atoms with van der Waals surface area (Å²) >= 11 is 0. The topological polar surface area (TPSA) is 117 Å². The Morgan fingerprint density at radius 3 is 2.67 bits per heavy atom. The van der Waals surface area contributed by atoms with E-state index < -0.39 is 10.8 Å². The summed E-state index contributed by atoms with van der Waals surface area (Å²) in [5.41, 5.74) is 1.24. The van der Waals surface area contributed by atoms with Gasteiger partial charge in [0, 0.05) is 30.6 Å². The fraction of sp³-hybridized carbons (Fsp3) is 0.158. The normalized spacial score (nSPS) is 10.6. The lowest BCUT2D eigenvalue weighted by atomic mass is 10.1. The van der Waals surface area contributed by atoms with E-state index in [2.05, 4.69) is 10.6 Å². The van der Waals surface area contributed by atoms with Crippen molar-refractivity contribution < 1.29 is 14.5 Å². The molecule has 0 radical (unpaired) electrons. The largest absolute Gasteiger partial charge is 0.497 e. The van der Waals surface area contributed by atoms with Gasteiger partial charge in [-0.2, -0.15) is 5.26 Å². The third-order valence-electron chi connectivity index (χ3n) is 3.64. The van der Waals surface area contributed by atoms with E-state index >= 15 is 0 Å².